The topological polar surface area (TPSA) is 53.1 Å². The van der Waals surface area contributed by atoms with Gasteiger partial charge in [-0.1, -0.05) is 6.07 Å². The first-order chi connectivity index (χ1) is 16.5. The molecule has 1 fully saturated rings. The molecule has 6 nitrogen and oxygen atoms in total. The van der Waals surface area contributed by atoms with Gasteiger partial charge in [0, 0.05) is 52.4 Å². The van der Waals surface area contributed by atoms with Gasteiger partial charge in [-0.3, -0.25) is 14.5 Å². The van der Waals surface area contributed by atoms with Gasteiger partial charge in [0.05, 0.1) is 5.56 Å². The number of hydrogen-bond donors (Lipinski definition) is 0. The van der Waals surface area contributed by atoms with Crippen molar-refractivity contribution >= 4 is 11.8 Å². The third-order valence-corrected chi connectivity index (χ3v) is 6.52. The monoisotopic (exact) mass is 491 g/mol. The molecule has 0 unspecified atom stereocenters. The van der Waals surface area contributed by atoms with Gasteiger partial charge in [0.1, 0.15) is 5.75 Å². The van der Waals surface area contributed by atoms with Crippen molar-refractivity contribution in [2.75, 3.05) is 53.4 Å². The second-order valence-electron chi connectivity index (χ2n) is 9.01. The molecule has 35 heavy (non-hydrogen) atoms. The minimum absolute atomic E-state index is 0.00208. The summed E-state index contributed by atoms with van der Waals surface area (Å²) in [6, 6.07) is 8.32. The summed E-state index contributed by atoms with van der Waals surface area (Å²) in [5.41, 5.74) is 2.87. The van der Waals surface area contributed by atoms with Crippen LogP contribution in [-0.2, 0) is 17.4 Å². The maximum Gasteiger partial charge on any atom is 0.416 e. The summed E-state index contributed by atoms with van der Waals surface area (Å²) in [6.07, 6.45) is -3.57. The normalized spacial score (nSPS) is 14.7. The molecular formula is C26H32F3N3O3. The average Bonchev–Trinajstić information content (AvgIpc) is 2.83. The Labute approximate surface area is 204 Å². The zero-order chi connectivity index (χ0) is 25.8. The molecule has 2 aromatic rings. The van der Waals surface area contributed by atoms with E-state index in [-0.39, 0.29) is 24.0 Å². The lowest BCUT2D eigenvalue weighted by Crippen LogP contribution is -2.49. The first kappa shape index (κ1) is 26.5. The van der Waals surface area contributed by atoms with Crippen molar-refractivity contribution in [1.82, 2.24) is 14.7 Å². The van der Waals surface area contributed by atoms with E-state index < -0.39 is 11.7 Å². The van der Waals surface area contributed by atoms with E-state index in [1.54, 1.807) is 19.0 Å². The summed E-state index contributed by atoms with van der Waals surface area (Å²) in [5, 5.41) is 0. The van der Waals surface area contributed by atoms with E-state index in [1.807, 2.05) is 26.0 Å². The van der Waals surface area contributed by atoms with Gasteiger partial charge in [-0.25, -0.2) is 0 Å². The zero-order valence-corrected chi connectivity index (χ0v) is 20.6. The van der Waals surface area contributed by atoms with E-state index >= 15 is 0 Å². The molecule has 2 aromatic carbocycles. The van der Waals surface area contributed by atoms with Gasteiger partial charge in [-0.2, -0.15) is 13.2 Å². The zero-order valence-electron chi connectivity index (χ0n) is 20.6. The summed E-state index contributed by atoms with van der Waals surface area (Å²) in [6.45, 7) is 7.35. The Morgan fingerprint density at radius 1 is 0.943 bits per heavy atom. The fourth-order valence-corrected chi connectivity index (χ4v) is 3.99. The number of piperazine rings is 1. The number of carbonyl (C=O) groups excluding carboxylic acids is 2. The van der Waals surface area contributed by atoms with Gasteiger partial charge in [-0.05, 0) is 67.3 Å². The molecule has 0 radical (unpaired) electrons. The van der Waals surface area contributed by atoms with Crippen molar-refractivity contribution in [3.63, 3.8) is 0 Å². The van der Waals surface area contributed by atoms with Crippen LogP contribution in [0.15, 0.2) is 36.4 Å². The molecule has 0 spiro atoms. The highest BCUT2D eigenvalue weighted by Crippen LogP contribution is 2.29. The van der Waals surface area contributed by atoms with Crippen LogP contribution in [0.5, 0.6) is 5.75 Å². The quantitative estimate of drug-likeness (QED) is 0.592. The van der Waals surface area contributed by atoms with E-state index in [1.165, 1.54) is 22.6 Å². The number of carbonyl (C=O) groups is 2. The maximum absolute atomic E-state index is 12.7. The third-order valence-electron chi connectivity index (χ3n) is 6.52. The second kappa shape index (κ2) is 11.1. The van der Waals surface area contributed by atoms with Crippen LogP contribution in [0, 0.1) is 13.8 Å². The minimum Gasteiger partial charge on any atom is -0.483 e. The van der Waals surface area contributed by atoms with Crippen LogP contribution in [0.2, 0.25) is 0 Å². The van der Waals surface area contributed by atoms with Gasteiger partial charge in [0.15, 0.2) is 6.61 Å². The largest absolute Gasteiger partial charge is 0.483 e. The van der Waals surface area contributed by atoms with E-state index in [0.717, 1.165) is 36.2 Å². The molecule has 1 aliphatic heterocycles. The average molecular weight is 492 g/mol. The molecule has 0 atom stereocenters. The molecule has 3 rings (SSSR count). The summed E-state index contributed by atoms with van der Waals surface area (Å²) in [5.74, 6) is 0.368. The van der Waals surface area contributed by atoms with E-state index in [4.69, 9.17) is 4.74 Å². The highest BCUT2D eigenvalue weighted by Gasteiger charge is 2.30. The van der Waals surface area contributed by atoms with Gasteiger partial charge >= 0.3 is 6.18 Å². The molecule has 1 aliphatic rings. The Morgan fingerprint density at radius 2 is 1.57 bits per heavy atom. The lowest BCUT2D eigenvalue weighted by atomic mass is 9.99. The summed E-state index contributed by atoms with van der Waals surface area (Å²) in [4.78, 5) is 29.9. The third kappa shape index (κ3) is 6.75. The molecule has 0 aromatic heterocycles. The van der Waals surface area contributed by atoms with Gasteiger partial charge in [-0.15, -0.1) is 0 Å². The van der Waals surface area contributed by atoms with Crippen molar-refractivity contribution in [3.05, 3.63) is 64.2 Å². The van der Waals surface area contributed by atoms with Crippen molar-refractivity contribution in [1.29, 1.82) is 0 Å². The lowest BCUT2D eigenvalue weighted by molar-refractivity contribution is -0.137. The number of nitrogens with zero attached hydrogens (tertiary/aromatic N) is 3. The SMILES string of the molecule is Cc1c(CCN2CCN(C(=O)c3ccc(C(F)(F)F)cc3)CC2)ccc(OCC(=O)N(C)C)c1C. The molecule has 190 valence electrons. The molecule has 0 N–H and O–H groups in total. The Kier molecular flexibility index (Phi) is 8.43. The molecule has 1 saturated heterocycles. The van der Waals surface area contributed by atoms with E-state index in [2.05, 4.69) is 4.90 Å². The number of rotatable bonds is 7. The molecule has 1 heterocycles. The number of likely N-dealkylation sites (N-methyl/N-ethyl adjacent to an activating group) is 1. The van der Waals surface area contributed by atoms with Gasteiger partial charge in [0.25, 0.3) is 11.8 Å². The fourth-order valence-electron chi connectivity index (χ4n) is 3.99. The van der Waals surface area contributed by atoms with Crippen LogP contribution >= 0.6 is 0 Å². The summed E-state index contributed by atoms with van der Waals surface area (Å²) >= 11 is 0. The van der Waals surface area contributed by atoms with E-state index in [9.17, 15) is 22.8 Å². The van der Waals surface area contributed by atoms with E-state index in [0.29, 0.717) is 31.9 Å². The molecule has 9 heteroatoms. The summed E-state index contributed by atoms with van der Waals surface area (Å²) in [7, 11) is 3.38. The van der Waals surface area contributed by atoms with Crippen molar-refractivity contribution in [3.8, 4) is 5.75 Å². The van der Waals surface area contributed by atoms with Crippen LogP contribution in [0.1, 0.15) is 32.6 Å². The number of amides is 2. The number of ether oxygens (including phenoxy) is 1. The standard InChI is InChI=1S/C26H32F3N3O3/c1-18-19(2)23(35-17-24(33)30(3)4)10-7-20(18)11-12-31-13-15-32(16-14-31)25(34)21-5-8-22(9-6-21)26(27,28)29/h5-10H,11-17H2,1-4H3. The van der Waals surface area contributed by atoms with Crippen molar-refractivity contribution in [2.45, 2.75) is 26.4 Å². The van der Waals surface area contributed by atoms with Crippen LogP contribution in [0.4, 0.5) is 13.2 Å². The fraction of sp³-hybridized carbons (Fsp3) is 0.462. The first-order valence-corrected chi connectivity index (χ1v) is 11.6. The van der Waals surface area contributed by atoms with Crippen LogP contribution in [0.25, 0.3) is 0 Å². The highest BCUT2D eigenvalue weighted by atomic mass is 19.4. The smallest absolute Gasteiger partial charge is 0.416 e. The Balaban J connectivity index is 1.50. The maximum atomic E-state index is 12.7. The Hall–Kier alpha value is -3.07. The summed E-state index contributed by atoms with van der Waals surface area (Å²) < 4.78 is 43.9. The first-order valence-electron chi connectivity index (χ1n) is 11.6. The Morgan fingerprint density at radius 3 is 2.14 bits per heavy atom. The van der Waals surface area contributed by atoms with Crippen LogP contribution in [0.3, 0.4) is 0 Å². The van der Waals surface area contributed by atoms with Gasteiger partial charge < -0.3 is 14.5 Å². The highest BCUT2D eigenvalue weighted by molar-refractivity contribution is 5.94. The lowest BCUT2D eigenvalue weighted by Gasteiger charge is -2.35. The molecule has 0 aliphatic carbocycles. The number of alkyl halides is 3. The number of benzene rings is 2. The Bertz CT molecular complexity index is 1040. The predicted molar refractivity (Wildman–Crippen MR) is 128 cm³/mol. The molecule has 2 amide bonds. The molecule has 0 saturated carbocycles. The number of halogens is 3. The predicted octanol–water partition coefficient (Wildman–Crippen LogP) is 3.79. The minimum atomic E-state index is -4.41. The molecule has 0 bridgehead atoms. The molecular weight excluding hydrogens is 459 g/mol. The van der Waals surface area contributed by atoms with Crippen molar-refractivity contribution in [2.24, 2.45) is 0 Å². The van der Waals surface area contributed by atoms with Crippen LogP contribution in [-0.4, -0.2) is 79.9 Å². The van der Waals surface area contributed by atoms with Gasteiger partial charge in [0.2, 0.25) is 0 Å². The second-order valence-corrected chi connectivity index (χ2v) is 9.01. The van der Waals surface area contributed by atoms with Crippen LogP contribution < -0.4 is 4.74 Å². The number of hydrogen-bond acceptors (Lipinski definition) is 4. The van der Waals surface area contributed by atoms with Crippen molar-refractivity contribution < 1.29 is 27.5 Å².